The molecule has 0 fully saturated rings. The molecule has 4 aromatic rings. The molecule has 0 unspecified atom stereocenters. The van der Waals surface area contributed by atoms with Gasteiger partial charge in [-0.25, -0.2) is 4.98 Å². The minimum absolute atomic E-state index is 0.00715. The van der Waals surface area contributed by atoms with Gasteiger partial charge in [-0.3, -0.25) is 9.59 Å². The third kappa shape index (κ3) is 4.34. The van der Waals surface area contributed by atoms with E-state index in [1.165, 1.54) is 5.56 Å². The number of hydrogen-bond donors (Lipinski definition) is 1. The van der Waals surface area contributed by atoms with Gasteiger partial charge in [0.25, 0.3) is 5.91 Å². The molecule has 166 valence electrons. The number of carbonyl (C=O) groups is 2. The predicted octanol–water partition coefficient (Wildman–Crippen LogP) is 4.60. The number of aryl methyl sites for hydroxylation is 1. The highest BCUT2D eigenvalue weighted by molar-refractivity contribution is 6.30. The number of imidazole rings is 1. The molecule has 0 spiro atoms. The van der Waals surface area contributed by atoms with Crippen molar-refractivity contribution in [3.05, 3.63) is 94.8 Å². The largest absolute Gasteiger partial charge is 0.345 e. The van der Waals surface area contributed by atoms with E-state index in [9.17, 15) is 9.59 Å². The quantitative estimate of drug-likeness (QED) is 0.475. The Labute approximate surface area is 196 Å². The van der Waals surface area contributed by atoms with E-state index in [1.54, 1.807) is 24.3 Å². The lowest BCUT2D eigenvalue weighted by Gasteiger charge is -2.29. The number of benzene rings is 3. The molecule has 3 aromatic carbocycles. The van der Waals surface area contributed by atoms with E-state index in [0.717, 1.165) is 29.6 Å². The number of nitrogens with zero attached hydrogens (tertiary/aromatic N) is 3. The van der Waals surface area contributed by atoms with Gasteiger partial charge in [-0.1, -0.05) is 48.0 Å². The smallest absolute Gasteiger partial charge is 0.251 e. The number of hydrogen-bond acceptors (Lipinski definition) is 3. The fraction of sp³-hybridized carbons (Fsp3) is 0.192. The second kappa shape index (κ2) is 9.08. The second-order valence-corrected chi connectivity index (χ2v) is 8.51. The molecule has 0 radical (unpaired) electrons. The van der Waals surface area contributed by atoms with E-state index in [2.05, 4.69) is 16.4 Å². The molecule has 0 bridgehead atoms. The van der Waals surface area contributed by atoms with Crippen molar-refractivity contribution in [1.29, 1.82) is 0 Å². The van der Waals surface area contributed by atoms with Gasteiger partial charge in [0.2, 0.25) is 5.91 Å². The molecular weight excluding hydrogens is 436 g/mol. The first kappa shape index (κ1) is 21.2. The lowest BCUT2D eigenvalue weighted by Crippen LogP contribution is -2.38. The van der Waals surface area contributed by atoms with Crippen molar-refractivity contribution >= 4 is 40.1 Å². The summed E-state index contributed by atoms with van der Waals surface area (Å²) in [5.74, 6) is 0.394. The van der Waals surface area contributed by atoms with Crippen LogP contribution in [-0.4, -0.2) is 27.9 Å². The molecule has 1 N–H and O–H groups in total. The van der Waals surface area contributed by atoms with Crippen LogP contribution in [0.25, 0.3) is 11.0 Å². The number of para-hydroxylation sites is 3. The molecule has 0 atom stereocenters. The van der Waals surface area contributed by atoms with Crippen LogP contribution < -0.4 is 10.2 Å². The van der Waals surface area contributed by atoms with Crippen molar-refractivity contribution in [2.45, 2.75) is 25.9 Å². The first-order chi connectivity index (χ1) is 16.1. The van der Waals surface area contributed by atoms with Gasteiger partial charge >= 0.3 is 0 Å². The maximum Gasteiger partial charge on any atom is 0.251 e. The summed E-state index contributed by atoms with van der Waals surface area (Å²) in [5.41, 5.74) is 4.31. The Morgan fingerprint density at radius 3 is 2.70 bits per heavy atom. The normalized spacial score (nSPS) is 13.1. The summed E-state index contributed by atoms with van der Waals surface area (Å²) < 4.78 is 1.90. The highest BCUT2D eigenvalue weighted by atomic mass is 35.5. The first-order valence-electron chi connectivity index (χ1n) is 11.0. The van der Waals surface area contributed by atoms with Crippen molar-refractivity contribution in [2.24, 2.45) is 0 Å². The molecule has 0 saturated heterocycles. The van der Waals surface area contributed by atoms with Crippen LogP contribution in [0.1, 0.15) is 28.2 Å². The average Bonchev–Trinajstić information content (AvgIpc) is 3.19. The molecular formula is C26H23ClN4O2. The molecule has 6 nitrogen and oxygen atoms in total. The number of amides is 2. The summed E-state index contributed by atoms with van der Waals surface area (Å²) in [5, 5.41) is 3.41. The van der Waals surface area contributed by atoms with Crippen molar-refractivity contribution in [3.8, 4) is 0 Å². The van der Waals surface area contributed by atoms with Gasteiger partial charge in [-0.2, -0.15) is 0 Å². The molecule has 2 amide bonds. The minimum atomic E-state index is -0.243. The zero-order chi connectivity index (χ0) is 22.8. The van der Waals surface area contributed by atoms with E-state index in [1.807, 2.05) is 51.9 Å². The number of halogens is 1. The summed E-state index contributed by atoms with van der Waals surface area (Å²) in [6, 6.07) is 22.6. The van der Waals surface area contributed by atoms with Gasteiger partial charge in [-0.15, -0.1) is 0 Å². The Morgan fingerprint density at radius 2 is 1.82 bits per heavy atom. The first-order valence-corrected chi connectivity index (χ1v) is 11.3. The summed E-state index contributed by atoms with van der Waals surface area (Å²) in [4.78, 5) is 32.6. The van der Waals surface area contributed by atoms with E-state index in [4.69, 9.17) is 11.6 Å². The van der Waals surface area contributed by atoms with Crippen molar-refractivity contribution in [1.82, 2.24) is 14.9 Å². The Morgan fingerprint density at radius 1 is 1.00 bits per heavy atom. The monoisotopic (exact) mass is 458 g/mol. The molecule has 7 heteroatoms. The molecule has 2 heterocycles. The van der Waals surface area contributed by atoms with Crippen molar-refractivity contribution in [2.75, 3.05) is 11.4 Å². The Hall–Kier alpha value is -3.64. The number of nitrogens with one attached hydrogen (secondary N) is 1. The van der Waals surface area contributed by atoms with E-state index in [-0.39, 0.29) is 24.9 Å². The van der Waals surface area contributed by atoms with Gasteiger partial charge in [0.05, 0.1) is 17.6 Å². The maximum absolute atomic E-state index is 13.4. The van der Waals surface area contributed by atoms with Crippen LogP contribution in [0.4, 0.5) is 5.69 Å². The van der Waals surface area contributed by atoms with Crippen LogP contribution in [-0.2, 0) is 24.3 Å². The standard InChI is InChI=1S/C26H23ClN4O2/c27-20-10-5-8-19(15-20)26(33)28-16-24-29-21-11-2-4-13-23(21)31(24)17-25(32)30-14-6-9-18-7-1-3-12-22(18)30/h1-5,7-8,10-13,15H,6,9,14,16-17H2,(H,28,33). The van der Waals surface area contributed by atoms with Crippen molar-refractivity contribution < 1.29 is 9.59 Å². The number of fused-ring (bicyclic) bond motifs is 2. The van der Waals surface area contributed by atoms with Gasteiger partial charge < -0.3 is 14.8 Å². The van der Waals surface area contributed by atoms with E-state index < -0.39 is 0 Å². The Bertz CT molecular complexity index is 1350. The zero-order valence-electron chi connectivity index (χ0n) is 18.0. The molecule has 1 aliphatic rings. The summed E-state index contributed by atoms with van der Waals surface area (Å²) in [7, 11) is 0. The van der Waals surface area contributed by atoms with E-state index >= 15 is 0 Å². The van der Waals surface area contributed by atoms with Crippen LogP contribution in [0.3, 0.4) is 0 Å². The Kier molecular flexibility index (Phi) is 5.84. The predicted molar refractivity (Wildman–Crippen MR) is 129 cm³/mol. The number of anilines is 1. The molecule has 1 aliphatic heterocycles. The zero-order valence-corrected chi connectivity index (χ0v) is 18.8. The number of rotatable bonds is 5. The van der Waals surface area contributed by atoms with Crippen molar-refractivity contribution in [3.63, 3.8) is 0 Å². The average molecular weight is 459 g/mol. The third-order valence-electron chi connectivity index (χ3n) is 5.93. The van der Waals surface area contributed by atoms with Crippen LogP contribution in [0.15, 0.2) is 72.8 Å². The van der Waals surface area contributed by atoms with Crippen LogP contribution >= 0.6 is 11.6 Å². The molecule has 0 saturated carbocycles. The van der Waals surface area contributed by atoms with E-state index in [0.29, 0.717) is 23.0 Å². The van der Waals surface area contributed by atoms with Crippen LogP contribution in [0.5, 0.6) is 0 Å². The van der Waals surface area contributed by atoms with Gasteiger partial charge in [0, 0.05) is 22.8 Å². The number of carbonyl (C=O) groups excluding carboxylic acids is 2. The third-order valence-corrected chi connectivity index (χ3v) is 6.17. The number of aromatic nitrogens is 2. The molecule has 1 aromatic heterocycles. The minimum Gasteiger partial charge on any atom is -0.345 e. The highest BCUT2D eigenvalue weighted by Gasteiger charge is 2.24. The summed E-state index contributed by atoms with van der Waals surface area (Å²) in [6.45, 7) is 1.05. The summed E-state index contributed by atoms with van der Waals surface area (Å²) in [6.07, 6.45) is 1.92. The lowest BCUT2D eigenvalue weighted by atomic mass is 10.0. The van der Waals surface area contributed by atoms with Gasteiger partial charge in [0.1, 0.15) is 12.4 Å². The molecule has 0 aliphatic carbocycles. The fourth-order valence-electron chi connectivity index (χ4n) is 4.34. The fourth-order valence-corrected chi connectivity index (χ4v) is 4.53. The summed E-state index contributed by atoms with van der Waals surface area (Å²) >= 11 is 6.01. The van der Waals surface area contributed by atoms with Crippen LogP contribution in [0.2, 0.25) is 5.02 Å². The van der Waals surface area contributed by atoms with Gasteiger partial charge in [0.15, 0.2) is 0 Å². The van der Waals surface area contributed by atoms with Crippen LogP contribution in [0, 0.1) is 0 Å². The SMILES string of the molecule is O=C(NCc1nc2ccccc2n1CC(=O)N1CCCc2ccccc21)c1cccc(Cl)c1. The highest BCUT2D eigenvalue weighted by Crippen LogP contribution is 2.27. The topological polar surface area (TPSA) is 67.2 Å². The second-order valence-electron chi connectivity index (χ2n) is 8.07. The maximum atomic E-state index is 13.4. The Balaban J connectivity index is 1.41. The molecule has 5 rings (SSSR count). The lowest BCUT2D eigenvalue weighted by molar-refractivity contribution is -0.119. The molecule has 33 heavy (non-hydrogen) atoms. The van der Waals surface area contributed by atoms with Gasteiger partial charge in [-0.05, 0) is 54.8 Å².